The molecule has 0 radical (unpaired) electrons. The predicted octanol–water partition coefficient (Wildman–Crippen LogP) is 5.22. The first-order chi connectivity index (χ1) is 9.35. The van der Waals surface area contributed by atoms with Gasteiger partial charge in [-0.05, 0) is 63.1 Å². The molecule has 0 aromatic heterocycles. The van der Waals surface area contributed by atoms with Crippen LogP contribution in [0.3, 0.4) is 0 Å². The first-order valence-corrected chi connectivity index (χ1v) is 7.50. The van der Waals surface area contributed by atoms with E-state index in [1.165, 1.54) is 11.1 Å². The van der Waals surface area contributed by atoms with Crippen molar-refractivity contribution >= 4 is 0 Å². The maximum atomic E-state index is 8.98. The molecule has 0 unspecified atom stereocenters. The molecule has 0 spiro atoms. The van der Waals surface area contributed by atoms with E-state index in [0.29, 0.717) is 5.92 Å². The number of unbranched alkanes of at least 4 members (excludes halogenated alkanes) is 1. The molecule has 0 fully saturated rings. The van der Waals surface area contributed by atoms with Gasteiger partial charge in [-0.2, -0.15) is 5.26 Å². The normalized spacial score (nSPS) is 11.4. The maximum absolute atomic E-state index is 8.98. The van der Waals surface area contributed by atoms with Gasteiger partial charge in [-0.1, -0.05) is 26.0 Å². The molecule has 0 aliphatic heterocycles. The Morgan fingerprint density at radius 1 is 1.25 bits per heavy atom. The maximum Gasteiger partial charge on any atom is 0.122 e. The van der Waals surface area contributed by atoms with Crippen molar-refractivity contribution in [2.75, 3.05) is 6.61 Å². The molecule has 2 heteroatoms. The summed E-state index contributed by atoms with van der Waals surface area (Å²) in [6.45, 7) is 11.2. The van der Waals surface area contributed by atoms with Crippen LogP contribution >= 0.6 is 0 Å². The van der Waals surface area contributed by atoms with Crippen LogP contribution in [0.5, 0.6) is 5.75 Å². The molecule has 0 atom stereocenters. The van der Waals surface area contributed by atoms with Crippen LogP contribution < -0.4 is 4.74 Å². The second kappa shape index (κ2) is 7.33. The molecule has 2 nitrogen and oxygen atoms in total. The molecular formula is C18H27NO. The molecule has 0 aliphatic rings. The molecule has 0 amide bonds. The van der Waals surface area contributed by atoms with Crippen molar-refractivity contribution in [2.24, 2.45) is 5.41 Å². The van der Waals surface area contributed by atoms with E-state index < -0.39 is 0 Å². The first kappa shape index (κ1) is 16.6. The predicted molar refractivity (Wildman–Crippen MR) is 84.0 cm³/mol. The van der Waals surface area contributed by atoms with Crippen molar-refractivity contribution in [3.8, 4) is 11.8 Å². The van der Waals surface area contributed by atoms with Gasteiger partial charge in [0.2, 0.25) is 0 Å². The number of nitrogens with zero attached hydrogens (tertiary/aromatic N) is 1. The molecule has 0 aliphatic carbocycles. The third-order valence-corrected chi connectivity index (χ3v) is 3.55. The average molecular weight is 273 g/mol. The van der Waals surface area contributed by atoms with Gasteiger partial charge in [-0.3, -0.25) is 0 Å². The second-order valence-electron chi connectivity index (χ2n) is 6.50. The van der Waals surface area contributed by atoms with Gasteiger partial charge < -0.3 is 4.74 Å². The molecule has 1 rings (SSSR count). The molecule has 0 heterocycles. The molecule has 0 saturated carbocycles. The van der Waals surface area contributed by atoms with Gasteiger partial charge >= 0.3 is 0 Å². The standard InChI is InChI=1S/C18H27NO/c1-14(2)16-9-8-15(3)12-17(16)20-11-7-6-10-18(4,5)13-19/h8-9,12,14H,6-7,10-11H2,1-5H3. The van der Waals surface area contributed by atoms with Crippen molar-refractivity contribution in [3.05, 3.63) is 29.3 Å². The van der Waals surface area contributed by atoms with Gasteiger partial charge in [-0.25, -0.2) is 0 Å². The van der Waals surface area contributed by atoms with E-state index >= 15 is 0 Å². The lowest BCUT2D eigenvalue weighted by Gasteiger charge is -2.16. The smallest absolute Gasteiger partial charge is 0.122 e. The van der Waals surface area contributed by atoms with Gasteiger partial charge in [0.25, 0.3) is 0 Å². The summed E-state index contributed by atoms with van der Waals surface area (Å²) < 4.78 is 5.94. The number of rotatable bonds is 7. The number of benzene rings is 1. The molecule has 0 bridgehead atoms. The average Bonchev–Trinajstić information content (AvgIpc) is 2.38. The summed E-state index contributed by atoms with van der Waals surface area (Å²) in [7, 11) is 0. The van der Waals surface area contributed by atoms with Crippen molar-refractivity contribution in [1.82, 2.24) is 0 Å². The summed E-state index contributed by atoms with van der Waals surface area (Å²) in [5, 5.41) is 8.98. The summed E-state index contributed by atoms with van der Waals surface area (Å²) in [5.41, 5.74) is 2.29. The zero-order valence-electron chi connectivity index (χ0n) is 13.5. The Hall–Kier alpha value is -1.49. The van der Waals surface area contributed by atoms with Crippen LogP contribution in [0, 0.1) is 23.7 Å². The molecule has 20 heavy (non-hydrogen) atoms. The van der Waals surface area contributed by atoms with Crippen LogP contribution in [0.4, 0.5) is 0 Å². The number of hydrogen-bond donors (Lipinski definition) is 0. The third-order valence-electron chi connectivity index (χ3n) is 3.55. The lowest BCUT2D eigenvalue weighted by molar-refractivity contribution is 0.291. The minimum atomic E-state index is -0.216. The minimum absolute atomic E-state index is 0.216. The highest BCUT2D eigenvalue weighted by molar-refractivity contribution is 5.39. The molecular weight excluding hydrogens is 246 g/mol. The topological polar surface area (TPSA) is 33.0 Å². The van der Waals surface area contributed by atoms with Crippen LogP contribution in [-0.2, 0) is 0 Å². The van der Waals surface area contributed by atoms with Crippen LogP contribution in [0.1, 0.15) is 64.0 Å². The quantitative estimate of drug-likeness (QED) is 0.638. The van der Waals surface area contributed by atoms with E-state index in [9.17, 15) is 0 Å². The lowest BCUT2D eigenvalue weighted by atomic mass is 9.89. The fourth-order valence-electron chi connectivity index (χ4n) is 2.15. The van der Waals surface area contributed by atoms with Gasteiger partial charge in [0.15, 0.2) is 0 Å². The summed E-state index contributed by atoms with van der Waals surface area (Å²) >= 11 is 0. The molecule has 0 saturated heterocycles. The summed E-state index contributed by atoms with van der Waals surface area (Å²) in [4.78, 5) is 0. The van der Waals surface area contributed by atoms with E-state index in [1.54, 1.807) is 0 Å². The van der Waals surface area contributed by atoms with E-state index in [2.05, 4.69) is 45.0 Å². The first-order valence-electron chi connectivity index (χ1n) is 7.50. The highest BCUT2D eigenvalue weighted by atomic mass is 16.5. The van der Waals surface area contributed by atoms with Crippen molar-refractivity contribution < 1.29 is 4.74 Å². The molecule has 1 aromatic carbocycles. The Kier molecular flexibility index (Phi) is 6.07. The number of aryl methyl sites for hydroxylation is 1. The van der Waals surface area contributed by atoms with Crippen molar-refractivity contribution in [2.45, 2.75) is 59.8 Å². The van der Waals surface area contributed by atoms with Gasteiger partial charge in [-0.15, -0.1) is 0 Å². The second-order valence-corrected chi connectivity index (χ2v) is 6.50. The summed E-state index contributed by atoms with van der Waals surface area (Å²) in [5.74, 6) is 1.49. The Bertz CT molecular complexity index is 469. The monoisotopic (exact) mass is 273 g/mol. The zero-order chi connectivity index (χ0) is 15.2. The third kappa shape index (κ3) is 5.25. The van der Waals surface area contributed by atoms with E-state index in [1.807, 2.05) is 13.8 Å². The highest BCUT2D eigenvalue weighted by Crippen LogP contribution is 2.28. The van der Waals surface area contributed by atoms with Crippen molar-refractivity contribution in [3.63, 3.8) is 0 Å². The van der Waals surface area contributed by atoms with Crippen molar-refractivity contribution in [1.29, 1.82) is 5.26 Å². The van der Waals surface area contributed by atoms with Crippen LogP contribution in [0.15, 0.2) is 18.2 Å². The Balaban J connectivity index is 2.46. The lowest BCUT2D eigenvalue weighted by Crippen LogP contribution is -2.08. The van der Waals surface area contributed by atoms with E-state index in [0.717, 1.165) is 31.6 Å². The molecule has 0 N–H and O–H groups in total. The highest BCUT2D eigenvalue weighted by Gasteiger charge is 2.15. The fourth-order valence-corrected chi connectivity index (χ4v) is 2.15. The number of nitriles is 1. The van der Waals surface area contributed by atoms with Crippen LogP contribution in [-0.4, -0.2) is 6.61 Å². The zero-order valence-corrected chi connectivity index (χ0v) is 13.5. The molecule has 1 aromatic rings. The number of ether oxygens (including phenoxy) is 1. The summed E-state index contributed by atoms with van der Waals surface area (Å²) in [6, 6.07) is 8.76. The molecule has 110 valence electrons. The Labute approximate surface area is 123 Å². The Morgan fingerprint density at radius 2 is 1.95 bits per heavy atom. The Morgan fingerprint density at radius 3 is 2.55 bits per heavy atom. The van der Waals surface area contributed by atoms with Gasteiger partial charge in [0, 0.05) is 0 Å². The largest absolute Gasteiger partial charge is 0.493 e. The minimum Gasteiger partial charge on any atom is -0.493 e. The van der Waals surface area contributed by atoms with Gasteiger partial charge in [0.05, 0.1) is 18.1 Å². The van der Waals surface area contributed by atoms with Crippen LogP contribution in [0.25, 0.3) is 0 Å². The fraction of sp³-hybridized carbons (Fsp3) is 0.611. The van der Waals surface area contributed by atoms with Crippen LogP contribution in [0.2, 0.25) is 0 Å². The SMILES string of the molecule is Cc1ccc(C(C)C)c(OCCCCC(C)(C)C#N)c1. The summed E-state index contributed by atoms with van der Waals surface area (Å²) in [6.07, 6.45) is 2.96. The van der Waals surface area contributed by atoms with E-state index in [4.69, 9.17) is 10.00 Å². The number of hydrogen-bond acceptors (Lipinski definition) is 2. The van der Waals surface area contributed by atoms with Gasteiger partial charge in [0.1, 0.15) is 5.75 Å². The van der Waals surface area contributed by atoms with E-state index in [-0.39, 0.29) is 5.41 Å².